The third-order valence-electron chi connectivity index (χ3n) is 2.00. The van der Waals surface area contributed by atoms with Crippen molar-refractivity contribution in [2.75, 3.05) is 0 Å². The van der Waals surface area contributed by atoms with Gasteiger partial charge in [-0.2, -0.15) is 0 Å². The van der Waals surface area contributed by atoms with Crippen LogP contribution in [0.15, 0.2) is 59.4 Å². The Bertz CT molecular complexity index is 474. The fourth-order valence-corrected chi connectivity index (χ4v) is 1.31. The lowest BCUT2D eigenvalue weighted by atomic mass is 10.1. The Labute approximate surface area is 82.7 Å². The Morgan fingerprint density at radius 1 is 0.857 bits per heavy atom. The smallest absolute Gasteiger partial charge is 0.186 e. The molecule has 0 N–H and O–H groups in total. The van der Waals surface area contributed by atoms with Gasteiger partial charge in [0.05, 0.1) is 0 Å². The molecule has 1 nitrogen and oxygen atoms in total. The third-order valence-corrected chi connectivity index (χ3v) is 2.00. The van der Waals surface area contributed by atoms with Crippen LogP contribution in [-0.2, 0) is 0 Å². The molecule has 0 fully saturated rings. The molecule has 2 rings (SSSR count). The van der Waals surface area contributed by atoms with E-state index in [0.717, 1.165) is 5.56 Å². The summed E-state index contributed by atoms with van der Waals surface area (Å²) in [5.74, 6) is 0. The van der Waals surface area contributed by atoms with Gasteiger partial charge in [0.25, 0.3) is 0 Å². The second-order valence-corrected chi connectivity index (χ2v) is 2.96. The molecule has 0 aliphatic heterocycles. The maximum atomic E-state index is 11.6. The van der Waals surface area contributed by atoms with Crippen LogP contribution in [0.4, 0.5) is 0 Å². The number of rotatable bonds is 1. The summed E-state index contributed by atoms with van der Waals surface area (Å²) in [6, 6.07) is 19.3. The Morgan fingerprint density at radius 3 is 2.43 bits per heavy atom. The van der Waals surface area contributed by atoms with Crippen LogP contribution >= 0.6 is 0 Å². The largest absolute Gasteiger partial charge is 0.289 e. The highest BCUT2D eigenvalue weighted by molar-refractivity contribution is 5.61. The van der Waals surface area contributed by atoms with E-state index in [1.54, 1.807) is 12.1 Å². The van der Waals surface area contributed by atoms with Crippen molar-refractivity contribution in [3.05, 3.63) is 70.9 Å². The van der Waals surface area contributed by atoms with Crippen LogP contribution < -0.4 is 5.43 Å². The minimum Gasteiger partial charge on any atom is -0.289 e. The SMILES string of the molecule is O=c1cccccc1-c1[c]cccc1. The minimum absolute atomic E-state index is 0.0254. The highest BCUT2D eigenvalue weighted by Crippen LogP contribution is 2.12. The molecule has 0 saturated carbocycles. The lowest BCUT2D eigenvalue weighted by molar-refractivity contribution is 1.58. The van der Waals surface area contributed by atoms with Gasteiger partial charge in [-0.3, -0.25) is 4.79 Å². The summed E-state index contributed by atoms with van der Waals surface area (Å²) < 4.78 is 0. The monoisotopic (exact) mass is 181 g/mol. The van der Waals surface area contributed by atoms with Crippen molar-refractivity contribution in [3.63, 3.8) is 0 Å². The Morgan fingerprint density at radius 2 is 1.64 bits per heavy atom. The molecular weight excluding hydrogens is 172 g/mol. The quantitative estimate of drug-likeness (QED) is 0.660. The summed E-state index contributed by atoms with van der Waals surface area (Å²) >= 11 is 0. The lowest BCUT2D eigenvalue weighted by Crippen LogP contribution is -1.98. The van der Waals surface area contributed by atoms with E-state index in [4.69, 9.17) is 0 Å². The lowest BCUT2D eigenvalue weighted by Gasteiger charge is -1.94. The van der Waals surface area contributed by atoms with Crippen LogP contribution in [0.1, 0.15) is 0 Å². The molecule has 1 heteroatoms. The summed E-state index contributed by atoms with van der Waals surface area (Å²) in [7, 11) is 0. The molecule has 67 valence electrons. The van der Waals surface area contributed by atoms with Crippen LogP contribution in [-0.4, -0.2) is 0 Å². The zero-order chi connectivity index (χ0) is 9.80. The normalized spacial score (nSPS) is 9.71. The van der Waals surface area contributed by atoms with Gasteiger partial charge >= 0.3 is 0 Å². The molecule has 0 aliphatic carbocycles. The van der Waals surface area contributed by atoms with Crippen LogP contribution in [0.5, 0.6) is 0 Å². The van der Waals surface area contributed by atoms with E-state index in [0.29, 0.717) is 5.56 Å². The van der Waals surface area contributed by atoms with E-state index in [-0.39, 0.29) is 5.43 Å². The molecule has 0 spiro atoms. The summed E-state index contributed by atoms with van der Waals surface area (Å²) in [5, 5.41) is 0. The first-order valence-corrected chi connectivity index (χ1v) is 4.44. The van der Waals surface area contributed by atoms with Gasteiger partial charge in [-0.25, -0.2) is 0 Å². The summed E-state index contributed by atoms with van der Waals surface area (Å²) in [4.78, 5) is 11.6. The average Bonchev–Trinajstić information content (AvgIpc) is 2.44. The average molecular weight is 181 g/mol. The molecule has 1 radical (unpaired) electrons. The van der Waals surface area contributed by atoms with Gasteiger partial charge in [0.1, 0.15) is 0 Å². The Hall–Kier alpha value is -1.89. The molecule has 0 saturated heterocycles. The number of hydrogen-bond donors (Lipinski definition) is 0. The maximum Gasteiger partial charge on any atom is 0.186 e. The summed E-state index contributed by atoms with van der Waals surface area (Å²) in [6.45, 7) is 0. The van der Waals surface area contributed by atoms with Crippen LogP contribution in [0.25, 0.3) is 11.1 Å². The van der Waals surface area contributed by atoms with Crippen molar-refractivity contribution in [2.45, 2.75) is 0 Å². The van der Waals surface area contributed by atoms with Gasteiger partial charge < -0.3 is 0 Å². The van der Waals surface area contributed by atoms with Gasteiger partial charge in [-0.15, -0.1) is 0 Å². The van der Waals surface area contributed by atoms with E-state index >= 15 is 0 Å². The number of benzene rings is 1. The molecule has 2 aromatic carbocycles. The first-order valence-electron chi connectivity index (χ1n) is 4.44. The van der Waals surface area contributed by atoms with Crippen LogP contribution in [0, 0.1) is 6.07 Å². The molecular formula is C13H9O. The van der Waals surface area contributed by atoms with E-state index in [2.05, 4.69) is 6.07 Å². The predicted octanol–water partition coefficient (Wildman–Crippen LogP) is 2.51. The molecule has 0 aromatic heterocycles. The summed E-state index contributed by atoms with van der Waals surface area (Å²) in [6.07, 6.45) is 0. The van der Waals surface area contributed by atoms with E-state index in [9.17, 15) is 4.79 Å². The molecule has 0 atom stereocenters. The van der Waals surface area contributed by atoms with E-state index in [1.165, 1.54) is 0 Å². The van der Waals surface area contributed by atoms with E-state index in [1.807, 2.05) is 42.5 Å². The second kappa shape index (κ2) is 3.88. The first kappa shape index (κ1) is 8.70. The topological polar surface area (TPSA) is 17.1 Å². The first-order chi connectivity index (χ1) is 6.88. The van der Waals surface area contributed by atoms with E-state index < -0.39 is 0 Å². The van der Waals surface area contributed by atoms with Crippen molar-refractivity contribution in [2.24, 2.45) is 0 Å². The minimum atomic E-state index is 0.0254. The number of hydrogen-bond acceptors (Lipinski definition) is 1. The molecule has 0 amide bonds. The van der Waals surface area contributed by atoms with Crippen molar-refractivity contribution in [3.8, 4) is 11.1 Å². The molecule has 0 heterocycles. The molecule has 14 heavy (non-hydrogen) atoms. The molecule has 0 unspecified atom stereocenters. The standard InChI is InChI=1S/C13H9O/c14-13-10-6-2-5-9-12(13)11-7-3-1-4-8-11/h1-7,9-10H. The van der Waals surface area contributed by atoms with Gasteiger partial charge in [0.2, 0.25) is 0 Å². The van der Waals surface area contributed by atoms with Gasteiger partial charge in [-0.05, 0) is 17.7 Å². The summed E-state index contributed by atoms with van der Waals surface area (Å²) in [5.41, 5.74) is 1.56. The van der Waals surface area contributed by atoms with Gasteiger partial charge in [0, 0.05) is 5.56 Å². The Balaban J connectivity index is 2.65. The zero-order valence-electron chi connectivity index (χ0n) is 7.60. The van der Waals surface area contributed by atoms with Gasteiger partial charge in [0.15, 0.2) is 5.43 Å². The molecule has 2 aromatic rings. The molecule has 0 bridgehead atoms. The van der Waals surface area contributed by atoms with Crippen LogP contribution in [0.2, 0.25) is 0 Å². The van der Waals surface area contributed by atoms with Crippen molar-refractivity contribution in [1.29, 1.82) is 0 Å². The third kappa shape index (κ3) is 1.72. The predicted molar refractivity (Wildman–Crippen MR) is 57.0 cm³/mol. The van der Waals surface area contributed by atoms with Gasteiger partial charge in [-0.1, -0.05) is 48.5 Å². The second-order valence-electron chi connectivity index (χ2n) is 2.96. The fraction of sp³-hybridized carbons (Fsp3) is 0. The van der Waals surface area contributed by atoms with Crippen LogP contribution in [0.3, 0.4) is 0 Å². The maximum absolute atomic E-state index is 11.6. The van der Waals surface area contributed by atoms with Crippen molar-refractivity contribution < 1.29 is 0 Å². The molecule has 0 aliphatic rings. The zero-order valence-corrected chi connectivity index (χ0v) is 7.60. The highest BCUT2D eigenvalue weighted by atomic mass is 16.1. The van der Waals surface area contributed by atoms with Crippen molar-refractivity contribution >= 4 is 0 Å². The highest BCUT2D eigenvalue weighted by Gasteiger charge is 1.98. The fourth-order valence-electron chi connectivity index (χ4n) is 1.31. The Kier molecular flexibility index (Phi) is 2.41. The van der Waals surface area contributed by atoms with Crippen molar-refractivity contribution in [1.82, 2.24) is 0 Å².